The summed E-state index contributed by atoms with van der Waals surface area (Å²) < 4.78 is 0. The molecule has 0 radical (unpaired) electrons. The molecule has 0 saturated carbocycles. The van der Waals surface area contributed by atoms with Crippen LogP contribution >= 0.6 is 22.7 Å². The molecule has 0 unspecified atom stereocenters. The molecule has 3 N–H and O–H groups in total. The molecule has 0 fully saturated rings. The zero-order valence-electron chi connectivity index (χ0n) is 12.2. The third kappa shape index (κ3) is 3.61. The number of anilines is 2. The van der Waals surface area contributed by atoms with Crippen molar-refractivity contribution in [3.05, 3.63) is 52.2 Å². The van der Waals surface area contributed by atoms with Crippen molar-refractivity contribution in [3.8, 4) is 10.6 Å². The van der Waals surface area contributed by atoms with Gasteiger partial charge >= 0.3 is 11.9 Å². The fourth-order valence-corrected chi connectivity index (χ4v) is 3.88. The number of aromatic nitrogens is 1. The summed E-state index contributed by atoms with van der Waals surface area (Å²) in [6, 6.07) is 10.1. The van der Waals surface area contributed by atoms with Crippen molar-refractivity contribution in [2.24, 2.45) is 0 Å². The van der Waals surface area contributed by atoms with Crippen LogP contribution in [0.25, 0.3) is 10.6 Å². The minimum absolute atomic E-state index is 0.0927. The van der Waals surface area contributed by atoms with Gasteiger partial charge in [-0.3, -0.25) is 4.79 Å². The van der Waals surface area contributed by atoms with E-state index >= 15 is 0 Å². The van der Waals surface area contributed by atoms with Gasteiger partial charge in [-0.15, -0.1) is 22.7 Å². The number of thiazole rings is 1. The van der Waals surface area contributed by atoms with Crippen LogP contribution in [0.1, 0.15) is 15.2 Å². The Bertz CT molecular complexity index is 870. The molecule has 2 aromatic heterocycles. The number of nitrogens with zero attached hydrogens (tertiary/aromatic N) is 1. The molecule has 2 heterocycles. The van der Waals surface area contributed by atoms with E-state index in [0.717, 1.165) is 4.88 Å². The molecule has 0 bridgehead atoms. The van der Waals surface area contributed by atoms with Gasteiger partial charge in [0.15, 0.2) is 5.13 Å². The lowest BCUT2D eigenvalue weighted by atomic mass is 10.2. The van der Waals surface area contributed by atoms with Gasteiger partial charge in [-0.05, 0) is 35.7 Å². The number of carboxylic acids is 2. The van der Waals surface area contributed by atoms with E-state index in [2.05, 4.69) is 10.3 Å². The average molecular weight is 360 g/mol. The number of aromatic carboxylic acids is 1. The fourth-order valence-electron chi connectivity index (χ4n) is 2.09. The normalized spacial score (nSPS) is 10.5. The zero-order valence-corrected chi connectivity index (χ0v) is 13.9. The third-order valence-electron chi connectivity index (χ3n) is 3.15. The SMILES string of the molecule is O=C(O)Cc1sc(Nc2ccc(C(=O)O)cc2)nc1-c1cccs1. The number of hydrogen-bond donors (Lipinski definition) is 3. The first-order chi connectivity index (χ1) is 11.5. The van der Waals surface area contributed by atoms with Crippen LogP contribution in [0, 0.1) is 0 Å². The first-order valence-corrected chi connectivity index (χ1v) is 8.58. The van der Waals surface area contributed by atoms with Gasteiger partial charge < -0.3 is 15.5 Å². The molecule has 0 aliphatic heterocycles. The molecule has 1 aromatic carbocycles. The highest BCUT2D eigenvalue weighted by Gasteiger charge is 2.16. The van der Waals surface area contributed by atoms with Gasteiger partial charge in [0.25, 0.3) is 0 Å². The summed E-state index contributed by atoms with van der Waals surface area (Å²) in [5.41, 5.74) is 1.56. The molecule has 0 aliphatic carbocycles. The Hall–Kier alpha value is -2.71. The van der Waals surface area contributed by atoms with E-state index in [-0.39, 0.29) is 12.0 Å². The number of thiophene rings is 1. The lowest BCUT2D eigenvalue weighted by molar-refractivity contribution is -0.136. The van der Waals surface area contributed by atoms with Crippen LogP contribution in [0.3, 0.4) is 0 Å². The molecule has 0 amide bonds. The number of hydrogen-bond acceptors (Lipinski definition) is 6. The minimum atomic E-state index is -0.987. The standard InChI is InChI=1S/C16H12N2O4S2/c19-13(20)8-12-14(11-2-1-7-23-11)18-16(24-12)17-10-5-3-9(4-6-10)15(21)22/h1-7H,8H2,(H,17,18)(H,19,20)(H,21,22). The average Bonchev–Trinajstić information content (AvgIpc) is 3.17. The summed E-state index contributed by atoms with van der Waals surface area (Å²) in [7, 11) is 0. The smallest absolute Gasteiger partial charge is 0.335 e. The van der Waals surface area contributed by atoms with Crippen molar-refractivity contribution in [3.63, 3.8) is 0 Å². The van der Waals surface area contributed by atoms with Crippen molar-refractivity contribution >= 4 is 45.4 Å². The van der Waals surface area contributed by atoms with E-state index in [1.165, 1.54) is 34.8 Å². The molecule has 24 heavy (non-hydrogen) atoms. The largest absolute Gasteiger partial charge is 0.481 e. The maximum Gasteiger partial charge on any atom is 0.335 e. The number of nitrogens with one attached hydrogen (secondary N) is 1. The minimum Gasteiger partial charge on any atom is -0.481 e. The maximum atomic E-state index is 11.1. The quantitative estimate of drug-likeness (QED) is 0.616. The van der Waals surface area contributed by atoms with Crippen LogP contribution < -0.4 is 5.32 Å². The number of rotatable bonds is 6. The molecule has 6 nitrogen and oxygen atoms in total. The molecule has 8 heteroatoms. The van der Waals surface area contributed by atoms with Crippen LogP contribution in [0.2, 0.25) is 0 Å². The van der Waals surface area contributed by atoms with E-state index in [4.69, 9.17) is 10.2 Å². The van der Waals surface area contributed by atoms with Gasteiger partial charge in [-0.25, -0.2) is 9.78 Å². The van der Waals surface area contributed by atoms with Crippen LogP contribution in [0.5, 0.6) is 0 Å². The topological polar surface area (TPSA) is 99.5 Å². The number of benzene rings is 1. The van der Waals surface area contributed by atoms with Crippen molar-refractivity contribution in [2.45, 2.75) is 6.42 Å². The Morgan fingerprint density at radius 1 is 1.12 bits per heavy atom. The van der Waals surface area contributed by atoms with Crippen LogP contribution in [0.4, 0.5) is 10.8 Å². The third-order valence-corrected chi connectivity index (χ3v) is 4.99. The van der Waals surface area contributed by atoms with E-state index in [1.54, 1.807) is 12.1 Å². The van der Waals surface area contributed by atoms with Gasteiger partial charge in [0.1, 0.15) is 0 Å². The van der Waals surface area contributed by atoms with Gasteiger partial charge in [0.05, 0.1) is 22.6 Å². The molecule has 0 saturated heterocycles. The van der Waals surface area contributed by atoms with Crippen LogP contribution in [-0.2, 0) is 11.2 Å². The highest BCUT2D eigenvalue weighted by molar-refractivity contribution is 7.17. The van der Waals surface area contributed by atoms with E-state index < -0.39 is 11.9 Å². The van der Waals surface area contributed by atoms with Crippen LogP contribution in [-0.4, -0.2) is 27.1 Å². The zero-order chi connectivity index (χ0) is 17.1. The molecule has 0 spiro atoms. The predicted octanol–water partition coefficient (Wildman–Crippen LogP) is 3.94. The number of carbonyl (C=O) groups is 2. The summed E-state index contributed by atoms with van der Waals surface area (Å²) in [4.78, 5) is 28.0. The van der Waals surface area contributed by atoms with Gasteiger partial charge in [-0.1, -0.05) is 6.07 Å². The second-order valence-electron chi connectivity index (χ2n) is 4.85. The van der Waals surface area contributed by atoms with Crippen molar-refractivity contribution in [1.82, 2.24) is 4.98 Å². The molecule has 0 aliphatic rings. The molecule has 3 rings (SSSR count). The van der Waals surface area contributed by atoms with E-state index in [1.807, 2.05) is 17.5 Å². The van der Waals surface area contributed by atoms with E-state index in [0.29, 0.717) is 21.4 Å². The summed E-state index contributed by atoms with van der Waals surface area (Å²) >= 11 is 2.78. The summed E-state index contributed by atoms with van der Waals surface area (Å²) in [5.74, 6) is -1.90. The fraction of sp³-hybridized carbons (Fsp3) is 0.0625. The Balaban J connectivity index is 1.88. The molecule has 3 aromatic rings. The van der Waals surface area contributed by atoms with Crippen LogP contribution in [0.15, 0.2) is 41.8 Å². The van der Waals surface area contributed by atoms with Crippen molar-refractivity contribution in [1.29, 1.82) is 0 Å². The van der Waals surface area contributed by atoms with Gasteiger partial charge in [0, 0.05) is 10.6 Å². The van der Waals surface area contributed by atoms with Gasteiger partial charge in [0.2, 0.25) is 0 Å². The summed E-state index contributed by atoms with van der Waals surface area (Å²) in [5, 5.41) is 23.6. The second kappa shape index (κ2) is 6.81. The highest BCUT2D eigenvalue weighted by Crippen LogP contribution is 2.35. The molecule has 0 atom stereocenters. The lowest BCUT2D eigenvalue weighted by Crippen LogP contribution is -1.98. The molecular weight excluding hydrogens is 348 g/mol. The lowest BCUT2D eigenvalue weighted by Gasteiger charge is -2.02. The van der Waals surface area contributed by atoms with E-state index in [9.17, 15) is 9.59 Å². The molecular formula is C16H12N2O4S2. The van der Waals surface area contributed by atoms with Crippen molar-refractivity contribution < 1.29 is 19.8 Å². The Morgan fingerprint density at radius 3 is 2.46 bits per heavy atom. The maximum absolute atomic E-state index is 11.1. The molecule has 122 valence electrons. The number of carboxylic acid groups (broad SMARTS) is 2. The first-order valence-electron chi connectivity index (χ1n) is 6.88. The monoisotopic (exact) mass is 360 g/mol. The second-order valence-corrected chi connectivity index (χ2v) is 6.88. The summed E-state index contributed by atoms with van der Waals surface area (Å²) in [6.45, 7) is 0. The summed E-state index contributed by atoms with van der Waals surface area (Å²) in [6.07, 6.45) is -0.0927. The van der Waals surface area contributed by atoms with Crippen molar-refractivity contribution in [2.75, 3.05) is 5.32 Å². The highest BCUT2D eigenvalue weighted by atomic mass is 32.1. The van der Waals surface area contributed by atoms with Gasteiger partial charge in [-0.2, -0.15) is 0 Å². The number of aliphatic carboxylic acids is 1. The Labute approximate surface area is 145 Å². The Morgan fingerprint density at radius 2 is 1.88 bits per heavy atom. The first kappa shape index (κ1) is 16.2. The predicted molar refractivity (Wildman–Crippen MR) is 93.5 cm³/mol. The Kier molecular flexibility index (Phi) is 4.59.